The molecule has 0 spiro atoms. The maximum absolute atomic E-state index is 12.1. The zero-order chi connectivity index (χ0) is 28.3. The number of carbonyl (C=O) groups is 1. The normalized spacial score (nSPS) is 15.5. The molecule has 0 aliphatic carbocycles. The monoisotopic (exact) mass is 526 g/mol. The molecule has 0 unspecified atom stereocenters. The van der Waals surface area contributed by atoms with Gasteiger partial charge in [-0.15, -0.1) is 0 Å². The Morgan fingerprint density at radius 2 is 1.34 bits per heavy atom. The Kier molecular flexibility index (Phi) is 12.2. The number of nitrogens with zero attached hydrogens (tertiary/aromatic N) is 1. The van der Waals surface area contributed by atoms with Gasteiger partial charge in [-0.3, -0.25) is 0 Å². The average Bonchev–Trinajstić information content (AvgIpc) is 2.82. The Morgan fingerprint density at radius 1 is 0.842 bits per heavy atom. The van der Waals surface area contributed by atoms with E-state index in [1.165, 1.54) is 4.90 Å². The SMILES string of the molecule is CC(C)(C)CCN[C@@H](Cc1ccccc1)[C@H](O)CNC[C@@H](O)[C@H](Cc1ccccc1)N(C(=O)[O-])C(C)(C)C. The number of nitrogens with one attached hydrogen (secondary N) is 2. The first-order chi connectivity index (χ1) is 17.8. The largest absolute Gasteiger partial charge is 0.530 e. The minimum absolute atomic E-state index is 0.133. The quantitative estimate of drug-likeness (QED) is 0.302. The van der Waals surface area contributed by atoms with Gasteiger partial charge in [0.15, 0.2) is 0 Å². The van der Waals surface area contributed by atoms with Crippen molar-refractivity contribution in [3.8, 4) is 0 Å². The highest BCUT2D eigenvalue weighted by Gasteiger charge is 2.34. The molecule has 7 nitrogen and oxygen atoms in total. The number of rotatable bonds is 14. The lowest BCUT2D eigenvalue weighted by Gasteiger charge is -2.45. The fraction of sp³-hybridized carbons (Fsp3) is 0.581. The van der Waals surface area contributed by atoms with Gasteiger partial charge in [0.2, 0.25) is 0 Å². The minimum Gasteiger partial charge on any atom is -0.530 e. The smallest absolute Gasteiger partial charge is 0.137 e. The van der Waals surface area contributed by atoms with E-state index in [1.54, 1.807) is 20.8 Å². The third kappa shape index (κ3) is 11.1. The average molecular weight is 527 g/mol. The minimum atomic E-state index is -1.32. The predicted molar refractivity (Wildman–Crippen MR) is 152 cm³/mol. The molecule has 0 heterocycles. The van der Waals surface area contributed by atoms with E-state index in [-0.39, 0.29) is 24.5 Å². The van der Waals surface area contributed by atoms with Crippen LogP contribution in [0, 0.1) is 5.41 Å². The summed E-state index contributed by atoms with van der Waals surface area (Å²) in [4.78, 5) is 13.4. The van der Waals surface area contributed by atoms with Crippen molar-refractivity contribution < 1.29 is 20.1 Å². The summed E-state index contributed by atoms with van der Waals surface area (Å²) in [6.07, 6.45) is -1.01. The Balaban J connectivity index is 2.08. The number of amides is 1. The number of carbonyl (C=O) groups excluding carboxylic acids is 1. The zero-order valence-electron chi connectivity index (χ0n) is 24.0. The molecule has 2 aromatic carbocycles. The van der Waals surface area contributed by atoms with Crippen LogP contribution in [0.2, 0.25) is 0 Å². The Labute approximate surface area is 229 Å². The molecule has 1 amide bonds. The van der Waals surface area contributed by atoms with Crippen LogP contribution in [0.3, 0.4) is 0 Å². The van der Waals surface area contributed by atoms with Gasteiger partial charge in [0, 0.05) is 24.7 Å². The van der Waals surface area contributed by atoms with Crippen molar-refractivity contribution in [3.05, 3.63) is 71.8 Å². The third-order valence-corrected chi connectivity index (χ3v) is 6.73. The lowest BCUT2D eigenvalue weighted by atomic mass is 9.92. The topological polar surface area (TPSA) is 108 Å². The molecule has 0 aromatic heterocycles. The maximum atomic E-state index is 12.1. The molecule has 4 N–H and O–H groups in total. The van der Waals surface area contributed by atoms with Gasteiger partial charge in [0.1, 0.15) is 6.09 Å². The molecule has 0 aliphatic heterocycles. The second-order valence-corrected chi connectivity index (χ2v) is 12.4. The second-order valence-electron chi connectivity index (χ2n) is 12.4. The standard InChI is InChI=1S/C31H49N3O4/c1-30(2,3)17-18-33-25(19-23-13-9-7-10-14-23)27(35)21-32-22-28(36)26(20-24-15-11-8-12-16-24)34(29(37)38)31(4,5)6/h7-16,25-28,32-33,35-36H,17-22H2,1-6H3,(H,37,38)/p-1/t25-,26-,27+,28+/m0/s1. The molecule has 0 aliphatic rings. The van der Waals surface area contributed by atoms with E-state index in [0.717, 1.165) is 24.1 Å². The molecule has 2 aromatic rings. The Bertz CT molecular complexity index is 941. The van der Waals surface area contributed by atoms with Crippen LogP contribution < -0.4 is 15.7 Å². The Hall–Kier alpha value is -2.45. The van der Waals surface area contributed by atoms with E-state index >= 15 is 0 Å². The molecule has 7 heteroatoms. The molecule has 0 saturated heterocycles. The molecule has 2 rings (SSSR count). The summed E-state index contributed by atoms with van der Waals surface area (Å²) in [5.74, 6) is 0. The molecular formula is C31H48N3O4-. The van der Waals surface area contributed by atoms with Gasteiger partial charge in [-0.05, 0) is 63.1 Å². The summed E-state index contributed by atoms with van der Waals surface area (Å²) in [6, 6.07) is 18.7. The fourth-order valence-corrected chi connectivity index (χ4v) is 4.66. The summed E-state index contributed by atoms with van der Waals surface area (Å²) in [5, 5.41) is 41.1. The lowest BCUT2D eigenvalue weighted by molar-refractivity contribution is -0.275. The van der Waals surface area contributed by atoms with Crippen LogP contribution in [0.1, 0.15) is 59.1 Å². The fourth-order valence-electron chi connectivity index (χ4n) is 4.66. The van der Waals surface area contributed by atoms with Gasteiger partial charge < -0.3 is 35.6 Å². The summed E-state index contributed by atoms with van der Waals surface area (Å²) >= 11 is 0. The zero-order valence-corrected chi connectivity index (χ0v) is 24.0. The van der Waals surface area contributed by atoms with Crippen molar-refractivity contribution in [1.29, 1.82) is 0 Å². The highest BCUT2D eigenvalue weighted by atomic mass is 16.4. The first-order valence-corrected chi connectivity index (χ1v) is 13.7. The third-order valence-electron chi connectivity index (χ3n) is 6.73. The highest BCUT2D eigenvalue weighted by Crippen LogP contribution is 2.22. The molecule has 212 valence electrons. The number of hydrogen-bond acceptors (Lipinski definition) is 6. The number of carboxylic acid groups (broad SMARTS) is 1. The van der Waals surface area contributed by atoms with Crippen LogP contribution in [0.15, 0.2) is 60.7 Å². The molecule has 38 heavy (non-hydrogen) atoms. The Morgan fingerprint density at radius 3 is 1.82 bits per heavy atom. The highest BCUT2D eigenvalue weighted by molar-refractivity contribution is 5.64. The second kappa shape index (κ2) is 14.6. The van der Waals surface area contributed by atoms with Gasteiger partial charge in [-0.2, -0.15) is 0 Å². The van der Waals surface area contributed by atoms with Gasteiger partial charge in [-0.25, -0.2) is 0 Å². The van der Waals surface area contributed by atoms with Gasteiger partial charge in [0.05, 0.1) is 18.2 Å². The van der Waals surface area contributed by atoms with Crippen LogP contribution >= 0.6 is 0 Å². The lowest BCUT2D eigenvalue weighted by Crippen LogP contribution is -2.62. The number of hydrogen-bond donors (Lipinski definition) is 4. The molecule has 0 fully saturated rings. The van der Waals surface area contributed by atoms with Crippen molar-refractivity contribution in [3.63, 3.8) is 0 Å². The summed E-state index contributed by atoms with van der Waals surface area (Å²) in [5.41, 5.74) is 1.50. The molecule has 4 atom stereocenters. The van der Waals surface area contributed by atoms with Crippen molar-refractivity contribution in [2.75, 3.05) is 19.6 Å². The summed E-state index contributed by atoms with van der Waals surface area (Å²) < 4.78 is 0. The number of benzene rings is 2. The number of aliphatic hydroxyl groups is 2. The van der Waals surface area contributed by atoms with Crippen molar-refractivity contribution in [2.24, 2.45) is 5.41 Å². The van der Waals surface area contributed by atoms with E-state index in [9.17, 15) is 20.1 Å². The first kappa shape index (κ1) is 31.8. The number of aliphatic hydroxyl groups excluding tert-OH is 2. The first-order valence-electron chi connectivity index (χ1n) is 13.7. The predicted octanol–water partition coefficient (Wildman–Crippen LogP) is 2.99. The van der Waals surface area contributed by atoms with E-state index < -0.39 is 29.9 Å². The van der Waals surface area contributed by atoms with Crippen LogP contribution in [-0.2, 0) is 12.8 Å². The van der Waals surface area contributed by atoms with Crippen LogP contribution in [0.4, 0.5) is 4.79 Å². The van der Waals surface area contributed by atoms with Gasteiger partial charge >= 0.3 is 0 Å². The van der Waals surface area contributed by atoms with Gasteiger partial charge in [0.25, 0.3) is 0 Å². The van der Waals surface area contributed by atoms with Crippen molar-refractivity contribution in [2.45, 2.75) is 90.6 Å². The van der Waals surface area contributed by atoms with Crippen LogP contribution in [0.25, 0.3) is 0 Å². The van der Waals surface area contributed by atoms with E-state index in [0.29, 0.717) is 12.8 Å². The molecular weight excluding hydrogens is 478 g/mol. The van der Waals surface area contributed by atoms with Gasteiger partial charge in [-0.1, -0.05) is 81.4 Å². The van der Waals surface area contributed by atoms with E-state index in [4.69, 9.17) is 0 Å². The van der Waals surface area contributed by atoms with Crippen molar-refractivity contribution in [1.82, 2.24) is 15.5 Å². The summed E-state index contributed by atoms with van der Waals surface area (Å²) in [7, 11) is 0. The van der Waals surface area contributed by atoms with E-state index in [2.05, 4.69) is 43.5 Å². The molecule has 0 bridgehead atoms. The van der Waals surface area contributed by atoms with Crippen LogP contribution in [0.5, 0.6) is 0 Å². The maximum Gasteiger partial charge on any atom is 0.137 e. The van der Waals surface area contributed by atoms with Crippen LogP contribution in [-0.4, -0.2) is 70.7 Å². The van der Waals surface area contributed by atoms with Crippen molar-refractivity contribution >= 4 is 6.09 Å². The molecule has 0 saturated carbocycles. The summed E-state index contributed by atoms with van der Waals surface area (Å²) in [6.45, 7) is 13.1. The van der Waals surface area contributed by atoms with E-state index in [1.807, 2.05) is 48.5 Å². The molecule has 0 radical (unpaired) electrons.